The number of benzene rings is 15. The summed E-state index contributed by atoms with van der Waals surface area (Å²) in [6.45, 7) is 13.5. The molecular weight excluding hydrogens is 1260 g/mol. The lowest BCUT2D eigenvalue weighted by Crippen LogP contribution is -2.61. The summed E-state index contributed by atoms with van der Waals surface area (Å²) in [6, 6.07) is 126. The molecule has 17 aromatic rings. The average molecular weight is 1340 g/mol. The van der Waals surface area contributed by atoms with Gasteiger partial charge in [0.2, 0.25) is 0 Å². The van der Waals surface area contributed by atoms with Crippen LogP contribution in [0, 0.1) is 0 Å². The first-order valence-corrected chi connectivity index (χ1v) is 36.2. The van der Waals surface area contributed by atoms with Crippen molar-refractivity contribution in [2.45, 2.75) is 52.4 Å². The second-order valence-electron chi connectivity index (χ2n) is 30.1. The van der Waals surface area contributed by atoms with Crippen LogP contribution in [-0.2, 0) is 10.8 Å². The zero-order valence-electron chi connectivity index (χ0n) is 59.1. The Kier molecular flexibility index (Phi) is 14.7. The predicted molar refractivity (Wildman–Crippen MR) is 440 cm³/mol. The van der Waals surface area contributed by atoms with E-state index in [4.69, 9.17) is 8.83 Å². The Morgan fingerprint density at radius 1 is 0.250 bits per heavy atom. The normalized spacial score (nSPS) is 12.7. The number of hydrogen-bond acceptors (Lipinski definition) is 5. The lowest BCUT2D eigenvalue weighted by Gasteiger charge is -2.45. The Morgan fingerprint density at radius 3 is 1.00 bits per heavy atom. The molecule has 496 valence electrons. The molecule has 2 aromatic heterocycles. The van der Waals surface area contributed by atoms with Gasteiger partial charge in [-0.15, -0.1) is 0 Å². The van der Waals surface area contributed by atoms with E-state index in [0.29, 0.717) is 0 Å². The number of anilines is 9. The monoisotopic (exact) mass is 1340 g/mol. The Labute approximate surface area is 607 Å². The highest BCUT2D eigenvalue weighted by Crippen LogP contribution is 2.51. The van der Waals surface area contributed by atoms with Gasteiger partial charge in [-0.05, 0) is 233 Å². The van der Waals surface area contributed by atoms with Crippen LogP contribution in [0.2, 0.25) is 0 Å². The lowest BCUT2D eigenvalue weighted by atomic mass is 9.33. The molecule has 5 nitrogen and oxygen atoms in total. The number of rotatable bonds is 11. The first-order chi connectivity index (χ1) is 50.8. The minimum absolute atomic E-state index is 0.0378. The summed E-state index contributed by atoms with van der Waals surface area (Å²) in [7, 11) is 0. The SMILES string of the molecule is CC(C)(C)c1ccc(N(c2ccc(C(C)(C)C)cc2)c2ccc3c(c2)N(c2cc(-c4ccccc4)cc(-c4ccccc4)c2)c2cc(-c4ccc5oc6ccccc6c5c4)cc4c2B3c2ccc(-c3ccc5oc6ccccc6c5c3)cc2N4c2cc(-c3ccccc3)cc(-c3ccccc3)c2)cc1. The molecule has 0 amide bonds. The van der Waals surface area contributed by atoms with Crippen LogP contribution in [0.5, 0.6) is 0 Å². The zero-order chi connectivity index (χ0) is 70.0. The summed E-state index contributed by atoms with van der Waals surface area (Å²) in [5, 5.41) is 4.34. The van der Waals surface area contributed by atoms with Crippen LogP contribution >= 0.6 is 0 Å². The van der Waals surface area contributed by atoms with Crippen molar-refractivity contribution in [3.63, 3.8) is 0 Å². The third-order valence-corrected chi connectivity index (χ3v) is 21.5. The maximum atomic E-state index is 6.62. The number of hydrogen-bond donors (Lipinski definition) is 0. The number of furan rings is 2. The molecule has 0 atom stereocenters. The third kappa shape index (κ3) is 10.9. The zero-order valence-corrected chi connectivity index (χ0v) is 59.1. The van der Waals surface area contributed by atoms with Gasteiger partial charge < -0.3 is 23.5 Å². The summed E-state index contributed by atoms with van der Waals surface area (Å²) in [5.41, 5.74) is 32.6. The number of nitrogens with zero attached hydrogens (tertiary/aromatic N) is 3. The molecule has 0 saturated carbocycles. The van der Waals surface area contributed by atoms with Gasteiger partial charge >= 0.3 is 0 Å². The first kappa shape index (κ1) is 62.4. The first-order valence-electron chi connectivity index (χ1n) is 36.2. The van der Waals surface area contributed by atoms with E-state index in [9.17, 15) is 0 Å². The van der Waals surface area contributed by atoms with Crippen LogP contribution in [0.1, 0.15) is 52.7 Å². The van der Waals surface area contributed by atoms with Crippen molar-refractivity contribution in [1.29, 1.82) is 0 Å². The van der Waals surface area contributed by atoms with E-state index in [1.165, 1.54) is 27.5 Å². The molecule has 104 heavy (non-hydrogen) atoms. The number of para-hydroxylation sites is 2. The smallest absolute Gasteiger partial charge is 0.252 e. The highest BCUT2D eigenvalue weighted by molar-refractivity contribution is 7.00. The quantitative estimate of drug-likeness (QED) is 0.121. The van der Waals surface area contributed by atoms with Crippen LogP contribution in [0.3, 0.4) is 0 Å². The summed E-state index contributed by atoms with van der Waals surface area (Å²) in [6.07, 6.45) is 0. The molecule has 0 unspecified atom stereocenters. The molecule has 0 spiro atoms. The fourth-order valence-electron chi connectivity index (χ4n) is 16.2. The van der Waals surface area contributed by atoms with Crippen molar-refractivity contribution in [2.24, 2.45) is 0 Å². The molecule has 0 radical (unpaired) electrons. The molecule has 2 aliphatic heterocycles. The lowest BCUT2D eigenvalue weighted by molar-refractivity contribution is 0.590. The number of fused-ring (bicyclic) bond motifs is 10. The second-order valence-corrected chi connectivity index (χ2v) is 30.1. The topological polar surface area (TPSA) is 36.0 Å². The van der Waals surface area contributed by atoms with Gasteiger partial charge in [-0.1, -0.05) is 254 Å². The minimum Gasteiger partial charge on any atom is -0.456 e. The second kappa shape index (κ2) is 24.6. The molecule has 0 aliphatic carbocycles. The molecule has 2 aliphatic rings. The molecule has 6 heteroatoms. The maximum absolute atomic E-state index is 6.62. The van der Waals surface area contributed by atoms with Crippen LogP contribution in [0.4, 0.5) is 51.2 Å². The summed E-state index contributed by atoms with van der Waals surface area (Å²) in [5.74, 6) is 0. The molecule has 0 N–H and O–H groups in total. The van der Waals surface area contributed by atoms with E-state index in [1.807, 2.05) is 6.07 Å². The van der Waals surface area contributed by atoms with Crippen LogP contribution in [-0.4, -0.2) is 6.71 Å². The van der Waals surface area contributed by atoms with E-state index >= 15 is 0 Å². The van der Waals surface area contributed by atoms with Crippen molar-refractivity contribution in [2.75, 3.05) is 14.7 Å². The van der Waals surface area contributed by atoms with Crippen LogP contribution in [0.15, 0.2) is 349 Å². The van der Waals surface area contributed by atoms with E-state index in [1.54, 1.807) is 0 Å². The van der Waals surface area contributed by atoms with Crippen molar-refractivity contribution >= 4 is 118 Å². The average Bonchev–Trinajstić information content (AvgIpc) is 0.779. The van der Waals surface area contributed by atoms with Gasteiger partial charge in [-0.3, -0.25) is 0 Å². The minimum atomic E-state index is -0.252. The van der Waals surface area contributed by atoms with Gasteiger partial charge in [0.05, 0.1) is 0 Å². The maximum Gasteiger partial charge on any atom is 0.252 e. The fourth-order valence-corrected chi connectivity index (χ4v) is 16.2. The Balaban J connectivity index is 0.940. The van der Waals surface area contributed by atoms with E-state index in [0.717, 1.165) is 162 Å². The highest BCUT2D eigenvalue weighted by atomic mass is 16.3. The molecule has 0 bridgehead atoms. The Morgan fingerprint density at radius 2 is 0.577 bits per heavy atom. The third-order valence-electron chi connectivity index (χ3n) is 21.5. The Hall–Kier alpha value is -12.6. The van der Waals surface area contributed by atoms with Crippen molar-refractivity contribution in [3.05, 3.63) is 351 Å². The van der Waals surface area contributed by atoms with Crippen molar-refractivity contribution in [1.82, 2.24) is 0 Å². The standard InChI is InChI=1S/C98H74BN3O2/c1-97(2,3)75-38-42-77(43-39-75)100(78-44-40-76(41-45-78)98(4,5)6)79-46-48-87-89(62-79)102(81-55-72(65-27-15-9-16-28-65)52-73(56-81)66-29-17-10-18-30-66)91-61-74(68-37-50-95-85(58-68)83-32-20-22-34-93(83)104-95)60-90-96(91)99(87)86-47-35-69(67-36-49-94-84(57-67)82-31-19-21-33-92(82)103-94)59-88(86)101(90)80-53-70(63-23-11-7-12-24-63)51-71(54-80)64-25-13-8-14-26-64/h7-62H,1-6H3. The molecule has 15 aromatic carbocycles. The van der Waals surface area contributed by atoms with Gasteiger partial charge in [0, 0.05) is 72.7 Å². The highest BCUT2D eigenvalue weighted by Gasteiger charge is 2.45. The predicted octanol–water partition coefficient (Wildman–Crippen LogP) is 25.6. The van der Waals surface area contributed by atoms with Crippen molar-refractivity contribution in [3.8, 4) is 66.8 Å². The van der Waals surface area contributed by atoms with Crippen LogP contribution in [0.25, 0.3) is 111 Å². The molecule has 0 saturated heterocycles. The summed E-state index contributed by atoms with van der Waals surface area (Å²) in [4.78, 5) is 7.68. The van der Waals surface area contributed by atoms with E-state index < -0.39 is 0 Å². The summed E-state index contributed by atoms with van der Waals surface area (Å²) >= 11 is 0. The van der Waals surface area contributed by atoms with E-state index in [2.05, 4.69) is 390 Å². The largest absolute Gasteiger partial charge is 0.456 e. The van der Waals surface area contributed by atoms with Gasteiger partial charge in [-0.25, -0.2) is 0 Å². The van der Waals surface area contributed by atoms with E-state index in [-0.39, 0.29) is 17.5 Å². The molecule has 0 fully saturated rings. The molecular formula is C98H74BN3O2. The summed E-state index contributed by atoms with van der Waals surface area (Å²) < 4.78 is 13.1. The molecule has 4 heterocycles. The van der Waals surface area contributed by atoms with Gasteiger partial charge in [0.15, 0.2) is 0 Å². The van der Waals surface area contributed by atoms with Gasteiger partial charge in [0.25, 0.3) is 6.71 Å². The fraction of sp³-hybridized carbons (Fsp3) is 0.0816. The van der Waals surface area contributed by atoms with Crippen molar-refractivity contribution < 1.29 is 8.83 Å². The molecule has 19 rings (SSSR count). The van der Waals surface area contributed by atoms with Gasteiger partial charge in [0.1, 0.15) is 22.3 Å². The Bertz CT molecular complexity index is 6010. The van der Waals surface area contributed by atoms with Gasteiger partial charge in [-0.2, -0.15) is 0 Å². The van der Waals surface area contributed by atoms with Crippen LogP contribution < -0.4 is 31.1 Å².